The fraction of sp³-hybridized carbons (Fsp3) is 1.00. The molecule has 0 radical (unpaired) electrons. The number of hydrogen-bond acceptors (Lipinski definition) is 4. The Bertz CT molecular complexity index is 280. The summed E-state index contributed by atoms with van der Waals surface area (Å²) in [6, 6.07) is 0.645. The van der Waals surface area contributed by atoms with Crippen molar-refractivity contribution in [3.63, 3.8) is 0 Å². The molecule has 3 atom stereocenters. The van der Waals surface area contributed by atoms with Crippen molar-refractivity contribution in [3.05, 3.63) is 0 Å². The van der Waals surface area contributed by atoms with Crippen LogP contribution < -0.4 is 5.73 Å². The van der Waals surface area contributed by atoms with E-state index in [0.29, 0.717) is 12.0 Å². The van der Waals surface area contributed by atoms with Crippen LogP contribution >= 0.6 is 0 Å². The maximum atomic E-state index is 6.15. The molecule has 1 aliphatic carbocycles. The Morgan fingerprint density at radius 1 is 1.33 bits per heavy atom. The molecule has 1 aliphatic heterocycles. The summed E-state index contributed by atoms with van der Waals surface area (Å²) in [7, 11) is 6.17. The quantitative estimate of drug-likeness (QED) is 0.755. The first-order chi connectivity index (χ1) is 8.55. The minimum atomic E-state index is 0.0910. The van der Waals surface area contributed by atoms with Crippen LogP contribution in [-0.2, 0) is 4.74 Å². The van der Waals surface area contributed by atoms with Gasteiger partial charge in [-0.3, -0.25) is 4.90 Å². The molecule has 1 saturated carbocycles. The van der Waals surface area contributed by atoms with Gasteiger partial charge < -0.3 is 15.4 Å². The molecule has 0 spiro atoms. The van der Waals surface area contributed by atoms with E-state index in [0.717, 1.165) is 32.2 Å². The van der Waals surface area contributed by atoms with Gasteiger partial charge >= 0.3 is 0 Å². The zero-order chi connectivity index (χ0) is 13.3. The zero-order valence-electron chi connectivity index (χ0n) is 12.4. The summed E-state index contributed by atoms with van der Waals surface area (Å²) in [6.45, 7) is 6.14. The summed E-state index contributed by atoms with van der Waals surface area (Å²) >= 11 is 0. The van der Waals surface area contributed by atoms with E-state index in [-0.39, 0.29) is 5.54 Å². The van der Waals surface area contributed by atoms with Crippen molar-refractivity contribution in [1.82, 2.24) is 9.80 Å². The molecule has 106 valence electrons. The summed E-state index contributed by atoms with van der Waals surface area (Å²) in [4.78, 5) is 4.97. The highest BCUT2D eigenvalue weighted by molar-refractivity contribution is 5.07. The van der Waals surface area contributed by atoms with Gasteiger partial charge in [0, 0.05) is 32.8 Å². The van der Waals surface area contributed by atoms with E-state index in [1.54, 1.807) is 7.11 Å². The van der Waals surface area contributed by atoms with Crippen molar-refractivity contribution in [2.75, 3.05) is 47.4 Å². The number of methoxy groups -OCH3 is 1. The molecule has 2 N–H and O–H groups in total. The molecule has 3 unspecified atom stereocenters. The van der Waals surface area contributed by atoms with Crippen molar-refractivity contribution >= 4 is 0 Å². The second-order valence-electron chi connectivity index (χ2n) is 6.43. The SMILES string of the molecule is COCC(CN)(C1CC1)N1CC(C)C(N(C)C)C1. The molecule has 0 bridgehead atoms. The van der Waals surface area contributed by atoms with Gasteiger partial charge in [0.15, 0.2) is 0 Å². The largest absolute Gasteiger partial charge is 0.383 e. The standard InChI is InChI=1S/C14H29N3O/c1-11-7-17(8-13(11)16(2)3)14(9-15,10-18-4)12-5-6-12/h11-13H,5-10,15H2,1-4H3. The molecule has 1 saturated heterocycles. The van der Waals surface area contributed by atoms with E-state index < -0.39 is 0 Å². The van der Waals surface area contributed by atoms with Gasteiger partial charge in [-0.2, -0.15) is 0 Å². The van der Waals surface area contributed by atoms with Gasteiger partial charge in [-0.15, -0.1) is 0 Å². The molecule has 2 fully saturated rings. The number of ether oxygens (including phenoxy) is 1. The molecular formula is C14H29N3O. The third-order valence-electron chi connectivity index (χ3n) is 4.95. The minimum absolute atomic E-state index is 0.0910. The van der Waals surface area contributed by atoms with Gasteiger partial charge in [0.05, 0.1) is 12.1 Å². The van der Waals surface area contributed by atoms with Gasteiger partial charge in [0.1, 0.15) is 0 Å². The third-order valence-corrected chi connectivity index (χ3v) is 4.95. The minimum Gasteiger partial charge on any atom is -0.383 e. The maximum absolute atomic E-state index is 6.15. The second-order valence-corrected chi connectivity index (χ2v) is 6.43. The number of rotatable bonds is 6. The van der Waals surface area contributed by atoms with E-state index in [2.05, 4.69) is 30.8 Å². The van der Waals surface area contributed by atoms with Crippen molar-refractivity contribution < 1.29 is 4.74 Å². The normalized spacial score (nSPS) is 33.0. The average molecular weight is 255 g/mol. The van der Waals surface area contributed by atoms with Gasteiger partial charge in [-0.25, -0.2) is 0 Å². The van der Waals surface area contributed by atoms with Crippen LogP contribution in [0.5, 0.6) is 0 Å². The predicted octanol–water partition coefficient (Wildman–Crippen LogP) is 0.622. The Balaban J connectivity index is 2.12. The lowest BCUT2D eigenvalue weighted by Crippen LogP contribution is -2.58. The first-order valence-corrected chi connectivity index (χ1v) is 7.15. The Hall–Kier alpha value is -0.160. The van der Waals surface area contributed by atoms with Crippen molar-refractivity contribution in [2.24, 2.45) is 17.6 Å². The lowest BCUT2D eigenvalue weighted by atomic mass is 9.92. The molecule has 18 heavy (non-hydrogen) atoms. The van der Waals surface area contributed by atoms with Gasteiger partial charge in [0.25, 0.3) is 0 Å². The lowest BCUT2D eigenvalue weighted by Gasteiger charge is -2.41. The monoisotopic (exact) mass is 255 g/mol. The Morgan fingerprint density at radius 3 is 2.39 bits per heavy atom. The Labute approximate surface area is 111 Å². The molecule has 0 aromatic heterocycles. The number of hydrogen-bond donors (Lipinski definition) is 1. The Morgan fingerprint density at radius 2 is 2.00 bits per heavy atom. The summed E-state index contributed by atoms with van der Waals surface area (Å²) in [5.41, 5.74) is 6.24. The van der Waals surface area contributed by atoms with Crippen molar-refractivity contribution in [3.8, 4) is 0 Å². The fourth-order valence-corrected chi connectivity index (χ4v) is 3.68. The van der Waals surface area contributed by atoms with Crippen LogP contribution in [-0.4, -0.2) is 68.8 Å². The molecule has 1 heterocycles. The van der Waals surface area contributed by atoms with Crippen LogP contribution in [0.4, 0.5) is 0 Å². The number of likely N-dealkylation sites (N-methyl/N-ethyl adjacent to an activating group) is 1. The van der Waals surface area contributed by atoms with E-state index in [1.807, 2.05) is 0 Å². The van der Waals surface area contributed by atoms with E-state index in [1.165, 1.54) is 12.8 Å². The summed E-state index contributed by atoms with van der Waals surface area (Å²) in [5, 5.41) is 0. The molecular weight excluding hydrogens is 226 g/mol. The van der Waals surface area contributed by atoms with Crippen LogP contribution in [0.15, 0.2) is 0 Å². The summed E-state index contributed by atoms with van der Waals surface area (Å²) in [6.07, 6.45) is 2.64. The molecule has 0 aromatic rings. The van der Waals surface area contributed by atoms with Crippen LogP contribution in [0.2, 0.25) is 0 Å². The molecule has 0 amide bonds. The molecule has 2 rings (SSSR count). The topological polar surface area (TPSA) is 41.7 Å². The lowest BCUT2D eigenvalue weighted by molar-refractivity contribution is 0.00940. The highest BCUT2D eigenvalue weighted by atomic mass is 16.5. The first kappa shape index (κ1) is 14.3. The van der Waals surface area contributed by atoms with E-state index >= 15 is 0 Å². The first-order valence-electron chi connectivity index (χ1n) is 7.15. The van der Waals surface area contributed by atoms with Crippen LogP contribution in [0.1, 0.15) is 19.8 Å². The Kier molecular flexibility index (Phi) is 4.32. The highest BCUT2D eigenvalue weighted by Crippen LogP contribution is 2.44. The summed E-state index contributed by atoms with van der Waals surface area (Å²) < 4.78 is 5.51. The van der Waals surface area contributed by atoms with Crippen LogP contribution in [0.3, 0.4) is 0 Å². The van der Waals surface area contributed by atoms with Crippen LogP contribution in [0.25, 0.3) is 0 Å². The average Bonchev–Trinajstić information content (AvgIpc) is 3.09. The highest BCUT2D eigenvalue weighted by Gasteiger charge is 2.51. The van der Waals surface area contributed by atoms with Gasteiger partial charge in [0.2, 0.25) is 0 Å². The van der Waals surface area contributed by atoms with Gasteiger partial charge in [-0.05, 0) is 38.8 Å². The third kappa shape index (κ3) is 2.44. The van der Waals surface area contributed by atoms with Crippen LogP contribution in [0, 0.1) is 11.8 Å². The molecule has 0 aromatic carbocycles. The van der Waals surface area contributed by atoms with Crippen molar-refractivity contribution in [1.29, 1.82) is 0 Å². The van der Waals surface area contributed by atoms with E-state index in [9.17, 15) is 0 Å². The van der Waals surface area contributed by atoms with Gasteiger partial charge in [-0.1, -0.05) is 6.92 Å². The number of nitrogens with two attached hydrogens (primary N) is 1. The smallest absolute Gasteiger partial charge is 0.0661 e. The maximum Gasteiger partial charge on any atom is 0.0661 e. The molecule has 2 aliphatic rings. The zero-order valence-corrected chi connectivity index (χ0v) is 12.4. The molecule has 4 heteroatoms. The predicted molar refractivity (Wildman–Crippen MR) is 74.6 cm³/mol. The van der Waals surface area contributed by atoms with E-state index in [4.69, 9.17) is 10.5 Å². The van der Waals surface area contributed by atoms with Crippen molar-refractivity contribution in [2.45, 2.75) is 31.3 Å². The number of likely N-dealkylation sites (tertiary alicyclic amines) is 1. The number of nitrogens with zero attached hydrogens (tertiary/aromatic N) is 2. The summed E-state index contributed by atoms with van der Waals surface area (Å²) in [5.74, 6) is 1.46. The molecule has 4 nitrogen and oxygen atoms in total. The second kappa shape index (κ2) is 5.45. The fourth-order valence-electron chi connectivity index (χ4n) is 3.68.